The molecule has 7 nitrogen and oxygen atoms in total. The van der Waals surface area contributed by atoms with Gasteiger partial charge in [-0.25, -0.2) is 4.98 Å². The van der Waals surface area contributed by atoms with E-state index in [-0.39, 0.29) is 5.56 Å². The van der Waals surface area contributed by atoms with Crippen molar-refractivity contribution < 1.29 is 4.74 Å². The van der Waals surface area contributed by atoms with Crippen LogP contribution in [-0.4, -0.2) is 19.1 Å². The lowest BCUT2D eigenvalue weighted by Crippen LogP contribution is -2.16. The molecule has 2 aromatic carbocycles. The molecular weight excluding hydrogens is 390 g/mol. The first kappa shape index (κ1) is 18.7. The number of benzene rings is 2. The van der Waals surface area contributed by atoms with Gasteiger partial charge in [0.1, 0.15) is 16.8 Å². The van der Waals surface area contributed by atoms with E-state index in [0.717, 1.165) is 27.5 Å². The number of rotatable bonds is 5. The third-order valence-electron chi connectivity index (χ3n) is 5.35. The first-order chi connectivity index (χ1) is 15.2. The molecule has 0 aliphatic heterocycles. The Bertz CT molecular complexity index is 1500. The van der Waals surface area contributed by atoms with Gasteiger partial charge in [-0.1, -0.05) is 18.2 Å². The molecule has 0 aliphatic rings. The maximum Gasteiger partial charge on any atom is 0.274 e. The molecule has 0 saturated heterocycles. The van der Waals surface area contributed by atoms with Crippen molar-refractivity contribution in [1.82, 2.24) is 19.1 Å². The molecule has 7 heteroatoms. The van der Waals surface area contributed by atoms with Gasteiger partial charge in [0.05, 0.1) is 24.3 Å². The van der Waals surface area contributed by atoms with Gasteiger partial charge in [0.25, 0.3) is 5.56 Å². The smallest absolute Gasteiger partial charge is 0.274 e. The Morgan fingerprint density at radius 3 is 2.77 bits per heavy atom. The summed E-state index contributed by atoms with van der Waals surface area (Å²) in [6.45, 7) is 0.508. The van der Waals surface area contributed by atoms with Gasteiger partial charge in [0.15, 0.2) is 5.75 Å². The van der Waals surface area contributed by atoms with Crippen LogP contribution in [-0.2, 0) is 13.6 Å². The summed E-state index contributed by atoms with van der Waals surface area (Å²) in [7, 11) is 1.74. The zero-order valence-corrected chi connectivity index (χ0v) is 16.9. The fourth-order valence-corrected chi connectivity index (χ4v) is 3.88. The van der Waals surface area contributed by atoms with Crippen LogP contribution in [0.3, 0.4) is 0 Å². The van der Waals surface area contributed by atoms with Crippen LogP contribution in [0.1, 0.15) is 6.42 Å². The summed E-state index contributed by atoms with van der Waals surface area (Å²) >= 11 is 0. The molecule has 5 aromatic rings. The van der Waals surface area contributed by atoms with E-state index in [1.165, 1.54) is 0 Å². The number of aromatic nitrogens is 4. The van der Waals surface area contributed by atoms with E-state index in [4.69, 9.17) is 10.00 Å². The average Bonchev–Trinajstić information content (AvgIpc) is 3.44. The van der Waals surface area contributed by atoms with Crippen molar-refractivity contribution in [3.05, 3.63) is 77.6 Å². The number of imidazole rings is 1. The van der Waals surface area contributed by atoms with Crippen LogP contribution in [0.25, 0.3) is 33.1 Å². The van der Waals surface area contributed by atoms with Gasteiger partial charge < -0.3 is 18.9 Å². The van der Waals surface area contributed by atoms with E-state index in [9.17, 15) is 4.79 Å². The number of pyridine rings is 1. The molecule has 5 rings (SSSR count). The number of para-hydroxylation sites is 1. The predicted octanol–water partition coefficient (Wildman–Crippen LogP) is 4.59. The van der Waals surface area contributed by atoms with Crippen molar-refractivity contribution in [3.63, 3.8) is 0 Å². The summed E-state index contributed by atoms with van der Waals surface area (Å²) in [4.78, 5) is 20.1. The summed E-state index contributed by atoms with van der Waals surface area (Å²) in [6, 6.07) is 17.5. The number of nitrogens with zero attached hydrogens (tertiary/aromatic N) is 4. The molecule has 0 radical (unpaired) electrons. The van der Waals surface area contributed by atoms with Crippen molar-refractivity contribution in [3.8, 4) is 28.7 Å². The van der Waals surface area contributed by atoms with Gasteiger partial charge in [-0.3, -0.25) is 4.79 Å². The van der Waals surface area contributed by atoms with Crippen molar-refractivity contribution in [1.29, 1.82) is 5.26 Å². The Kier molecular flexibility index (Phi) is 4.53. The summed E-state index contributed by atoms with van der Waals surface area (Å²) in [6.07, 6.45) is 5.69. The van der Waals surface area contributed by atoms with Crippen LogP contribution in [0.2, 0.25) is 0 Å². The molecule has 152 valence electrons. The van der Waals surface area contributed by atoms with Gasteiger partial charge in [0.2, 0.25) is 0 Å². The second-order valence-corrected chi connectivity index (χ2v) is 7.30. The minimum Gasteiger partial charge on any atom is -0.454 e. The zero-order valence-electron chi connectivity index (χ0n) is 16.9. The highest BCUT2D eigenvalue weighted by Gasteiger charge is 2.20. The number of nitrogens with one attached hydrogen (secondary N) is 1. The first-order valence-corrected chi connectivity index (χ1v) is 9.92. The molecule has 0 fully saturated rings. The number of H-pyrrole nitrogens is 1. The van der Waals surface area contributed by atoms with Crippen LogP contribution < -0.4 is 10.3 Å². The largest absolute Gasteiger partial charge is 0.454 e. The number of hydrogen-bond donors (Lipinski definition) is 1. The summed E-state index contributed by atoms with van der Waals surface area (Å²) in [5.41, 5.74) is 3.77. The minimum atomic E-state index is -0.0885. The number of hydrogen-bond acceptors (Lipinski definition) is 4. The van der Waals surface area contributed by atoms with Gasteiger partial charge in [-0.2, -0.15) is 5.26 Å². The van der Waals surface area contributed by atoms with Crippen molar-refractivity contribution in [2.24, 2.45) is 7.05 Å². The highest BCUT2D eigenvalue weighted by atomic mass is 16.5. The minimum absolute atomic E-state index is 0.0885. The molecule has 3 heterocycles. The van der Waals surface area contributed by atoms with Gasteiger partial charge in [-0.15, -0.1) is 0 Å². The summed E-state index contributed by atoms with van der Waals surface area (Å²) in [5, 5.41) is 9.90. The fourth-order valence-electron chi connectivity index (χ4n) is 3.88. The molecule has 0 unspecified atom stereocenters. The normalized spacial score (nSPS) is 11.1. The molecule has 0 spiro atoms. The fraction of sp³-hybridized carbons (Fsp3) is 0.125. The Morgan fingerprint density at radius 2 is 1.97 bits per heavy atom. The monoisotopic (exact) mass is 409 g/mol. The molecule has 0 bridgehead atoms. The molecular formula is C24H19N5O2. The molecule has 0 aliphatic carbocycles. The van der Waals surface area contributed by atoms with Crippen molar-refractivity contribution in [2.45, 2.75) is 13.0 Å². The highest BCUT2D eigenvalue weighted by molar-refractivity contribution is 6.00. The van der Waals surface area contributed by atoms with Crippen LogP contribution >= 0.6 is 0 Å². The second-order valence-electron chi connectivity index (χ2n) is 7.30. The highest BCUT2D eigenvalue weighted by Crippen LogP contribution is 2.41. The lowest BCUT2D eigenvalue weighted by atomic mass is 10.0. The quantitative estimate of drug-likeness (QED) is 0.460. The number of nitriles is 1. The van der Waals surface area contributed by atoms with Crippen LogP contribution in [0, 0.1) is 11.3 Å². The maximum atomic E-state index is 12.5. The molecule has 0 saturated carbocycles. The number of fused-ring (bicyclic) bond motifs is 2. The topological polar surface area (TPSA) is 88.6 Å². The molecule has 31 heavy (non-hydrogen) atoms. The molecule has 0 amide bonds. The zero-order chi connectivity index (χ0) is 21.4. The SMILES string of the molecule is Cn1cc(-c2ccc3ncn(CCC#N)c3c2Oc2ccccc2)c2cc[nH]c2c1=O. The van der Waals surface area contributed by atoms with E-state index < -0.39 is 0 Å². The third kappa shape index (κ3) is 3.15. The molecule has 1 N–H and O–H groups in total. The van der Waals surface area contributed by atoms with Crippen molar-refractivity contribution in [2.75, 3.05) is 0 Å². The van der Waals surface area contributed by atoms with Crippen molar-refractivity contribution >= 4 is 21.9 Å². The summed E-state index contributed by atoms with van der Waals surface area (Å²) in [5.74, 6) is 1.33. The standard InChI is InChI=1S/C24H19N5O2/c1-28-14-19(17-10-12-26-21(17)24(28)30)18-8-9-20-22(29(15-27-20)13-5-11-25)23(18)31-16-6-3-2-4-7-16/h2-4,6-10,12,14-15,26H,5,13H2,1H3. The van der Waals surface area contributed by atoms with E-state index in [1.54, 1.807) is 24.1 Å². The number of aromatic amines is 1. The lowest BCUT2D eigenvalue weighted by molar-refractivity contribution is 0.486. The van der Waals surface area contributed by atoms with Crippen LogP contribution in [0.5, 0.6) is 11.5 Å². The van der Waals surface area contributed by atoms with E-state index >= 15 is 0 Å². The average molecular weight is 409 g/mol. The number of aryl methyl sites for hydroxylation is 2. The Balaban J connectivity index is 1.82. The second kappa shape index (κ2) is 7.50. The van der Waals surface area contributed by atoms with E-state index in [1.807, 2.05) is 59.3 Å². The van der Waals surface area contributed by atoms with Gasteiger partial charge >= 0.3 is 0 Å². The Morgan fingerprint density at radius 1 is 1.13 bits per heavy atom. The molecule has 3 aromatic heterocycles. The van der Waals surface area contributed by atoms with E-state index in [2.05, 4.69) is 16.0 Å². The molecule has 0 atom stereocenters. The Labute approximate surface area is 177 Å². The first-order valence-electron chi connectivity index (χ1n) is 9.92. The number of ether oxygens (including phenoxy) is 1. The third-order valence-corrected chi connectivity index (χ3v) is 5.35. The predicted molar refractivity (Wildman–Crippen MR) is 119 cm³/mol. The van der Waals surface area contributed by atoms with Crippen LogP contribution in [0.15, 0.2) is 72.0 Å². The maximum absolute atomic E-state index is 12.5. The van der Waals surface area contributed by atoms with Gasteiger partial charge in [0, 0.05) is 42.5 Å². The van der Waals surface area contributed by atoms with E-state index in [0.29, 0.717) is 30.0 Å². The summed E-state index contributed by atoms with van der Waals surface area (Å²) < 4.78 is 9.92. The Hall–Kier alpha value is -4.31. The van der Waals surface area contributed by atoms with Crippen LogP contribution in [0.4, 0.5) is 0 Å². The van der Waals surface area contributed by atoms with Gasteiger partial charge in [-0.05, 0) is 30.3 Å². The lowest BCUT2D eigenvalue weighted by Gasteiger charge is -2.16.